The van der Waals surface area contributed by atoms with E-state index in [0.717, 1.165) is 27.6 Å². The molecule has 0 bridgehead atoms. The summed E-state index contributed by atoms with van der Waals surface area (Å²) in [6, 6.07) is 5.69. The van der Waals surface area contributed by atoms with Gasteiger partial charge in [0.15, 0.2) is 0 Å². The molecular formula is C16H18N5O4S-. The van der Waals surface area contributed by atoms with Gasteiger partial charge < -0.3 is 21.1 Å². The minimum atomic E-state index is -1.30. The SMILES string of the molecule is Cc1cc(C)cc(NC(=O)CSc2nnc(CCC(=O)[O-])c(=O)n2N)c1. The monoisotopic (exact) mass is 376 g/mol. The van der Waals surface area contributed by atoms with E-state index in [9.17, 15) is 19.5 Å². The third-order valence-electron chi connectivity index (χ3n) is 3.33. The highest BCUT2D eigenvalue weighted by Gasteiger charge is 2.13. The fraction of sp³-hybridized carbons (Fsp3) is 0.312. The maximum absolute atomic E-state index is 12.1. The normalized spacial score (nSPS) is 10.5. The molecule has 1 amide bonds. The number of aryl methyl sites for hydroxylation is 3. The Morgan fingerprint density at radius 1 is 1.23 bits per heavy atom. The Morgan fingerprint density at radius 3 is 2.50 bits per heavy atom. The van der Waals surface area contributed by atoms with Gasteiger partial charge in [-0.05, 0) is 43.5 Å². The van der Waals surface area contributed by atoms with Crippen LogP contribution in [-0.4, -0.2) is 32.5 Å². The Balaban J connectivity index is 2.00. The van der Waals surface area contributed by atoms with Crippen molar-refractivity contribution >= 4 is 29.3 Å². The van der Waals surface area contributed by atoms with E-state index < -0.39 is 11.5 Å². The van der Waals surface area contributed by atoms with Crippen LogP contribution in [0.1, 0.15) is 23.2 Å². The molecule has 0 spiro atoms. The van der Waals surface area contributed by atoms with Crippen LogP contribution in [0.4, 0.5) is 5.69 Å². The summed E-state index contributed by atoms with van der Waals surface area (Å²) in [6.45, 7) is 3.87. The third-order valence-corrected chi connectivity index (χ3v) is 4.27. The van der Waals surface area contributed by atoms with Crippen LogP contribution in [0.5, 0.6) is 0 Å². The maximum Gasteiger partial charge on any atom is 0.294 e. The predicted octanol–water partition coefficient (Wildman–Crippen LogP) is -0.618. The lowest BCUT2D eigenvalue weighted by Crippen LogP contribution is -2.34. The quantitative estimate of drug-likeness (QED) is 0.481. The summed E-state index contributed by atoms with van der Waals surface area (Å²) < 4.78 is 0.756. The number of hydrogen-bond donors (Lipinski definition) is 2. The van der Waals surface area contributed by atoms with Crippen LogP contribution >= 0.6 is 11.8 Å². The molecule has 1 aromatic heterocycles. The fourth-order valence-electron chi connectivity index (χ4n) is 2.27. The van der Waals surface area contributed by atoms with Crippen molar-refractivity contribution in [3.8, 4) is 0 Å². The van der Waals surface area contributed by atoms with E-state index >= 15 is 0 Å². The van der Waals surface area contributed by atoms with Crippen molar-refractivity contribution in [3.63, 3.8) is 0 Å². The summed E-state index contributed by atoms with van der Waals surface area (Å²) in [5, 5.41) is 20.8. The summed E-state index contributed by atoms with van der Waals surface area (Å²) in [4.78, 5) is 34.5. The van der Waals surface area contributed by atoms with Gasteiger partial charge in [-0.3, -0.25) is 9.59 Å². The first kappa shape index (κ1) is 19.4. The van der Waals surface area contributed by atoms with E-state index in [4.69, 9.17) is 5.84 Å². The second-order valence-electron chi connectivity index (χ2n) is 5.69. The first-order chi connectivity index (χ1) is 12.3. The number of rotatable bonds is 7. The van der Waals surface area contributed by atoms with Crippen LogP contribution in [0.3, 0.4) is 0 Å². The van der Waals surface area contributed by atoms with Crippen molar-refractivity contribution in [1.29, 1.82) is 0 Å². The molecule has 0 saturated heterocycles. The standard InChI is InChI=1S/C16H19N5O4S/c1-9-5-10(2)7-11(6-9)18-13(22)8-26-16-20-19-12(3-4-14(23)24)15(25)21(16)17/h5-7H,3-4,8,17H2,1-2H3,(H,18,22)(H,23,24)/p-1. The first-order valence-corrected chi connectivity index (χ1v) is 8.69. The minimum Gasteiger partial charge on any atom is -0.550 e. The number of benzene rings is 1. The zero-order chi connectivity index (χ0) is 19.3. The number of thioether (sulfide) groups is 1. The van der Waals surface area contributed by atoms with Crippen LogP contribution in [0.25, 0.3) is 0 Å². The van der Waals surface area contributed by atoms with Gasteiger partial charge in [-0.15, -0.1) is 10.2 Å². The summed E-state index contributed by atoms with van der Waals surface area (Å²) in [6.07, 6.45) is -0.474. The molecule has 10 heteroatoms. The molecule has 26 heavy (non-hydrogen) atoms. The molecular weight excluding hydrogens is 358 g/mol. The van der Waals surface area contributed by atoms with Crippen LogP contribution < -0.4 is 21.8 Å². The van der Waals surface area contributed by atoms with Gasteiger partial charge in [0, 0.05) is 18.1 Å². The zero-order valence-electron chi connectivity index (χ0n) is 14.3. The van der Waals surface area contributed by atoms with E-state index in [0.29, 0.717) is 5.69 Å². The number of aromatic nitrogens is 3. The van der Waals surface area contributed by atoms with Crippen LogP contribution in [0.2, 0.25) is 0 Å². The van der Waals surface area contributed by atoms with Gasteiger partial charge in [-0.2, -0.15) is 4.68 Å². The molecule has 3 N–H and O–H groups in total. The van der Waals surface area contributed by atoms with Crippen LogP contribution in [0, 0.1) is 13.8 Å². The molecule has 0 atom stereocenters. The fourth-order valence-corrected chi connectivity index (χ4v) is 2.92. The van der Waals surface area contributed by atoms with Gasteiger partial charge in [0.05, 0.1) is 5.75 Å². The Labute approximate surface area is 153 Å². The number of nitrogens with one attached hydrogen (secondary N) is 1. The van der Waals surface area contributed by atoms with Gasteiger partial charge >= 0.3 is 0 Å². The van der Waals surface area contributed by atoms with Crippen molar-refractivity contribution in [2.45, 2.75) is 31.8 Å². The topological polar surface area (TPSA) is 143 Å². The highest BCUT2D eigenvalue weighted by molar-refractivity contribution is 7.99. The number of carboxylic acid groups (broad SMARTS) is 1. The Hall–Kier alpha value is -2.88. The Kier molecular flexibility index (Phi) is 6.34. The number of nitrogens with zero attached hydrogens (tertiary/aromatic N) is 3. The van der Waals surface area contributed by atoms with Crippen molar-refractivity contribution in [1.82, 2.24) is 14.9 Å². The largest absolute Gasteiger partial charge is 0.550 e. The maximum atomic E-state index is 12.1. The molecule has 9 nitrogen and oxygen atoms in total. The summed E-state index contributed by atoms with van der Waals surface area (Å²) in [7, 11) is 0. The van der Waals surface area contributed by atoms with Gasteiger partial charge in [-0.1, -0.05) is 17.8 Å². The lowest BCUT2D eigenvalue weighted by Gasteiger charge is -2.09. The summed E-state index contributed by atoms with van der Waals surface area (Å²) >= 11 is 0.954. The lowest BCUT2D eigenvalue weighted by molar-refractivity contribution is -0.305. The molecule has 1 heterocycles. The molecule has 1 aromatic carbocycles. The number of carbonyl (C=O) groups is 2. The van der Waals surface area contributed by atoms with Crippen molar-refractivity contribution in [2.75, 3.05) is 16.9 Å². The van der Waals surface area contributed by atoms with Gasteiger partial charge in [0.25, 0.3) is 5.56 Å². The van der Waals surface area contributed by atoms with Gasteiger partial charge in [-0.25, -0.2) is 0 Å². The third kappa shape index (κ3) is 5.31. The number of nitrogens with two attached hydrogens (primary N) is 1. The second kappa shape index (κ2) is 8.48. The van der Waals surface area contributed by atoms with E-state index in [1.807, 2.05) is 32.0 Å². The predicted molar refractivity (Wildman–Crippen MR) is 95.0 cm³/mol. The Morgan fingerprint density at radius 2 is 1.88 bits per heavy atom. The average Bonchev–Trinajstić information content (AvgIpc) is 2.54. The summed E-state index contributed by atoms with van der Waals surface area (Å²) in [5.74, 6) is 4.06. The number of amides is 1. The zero-order valence-corrected chi connectivity index (χ0v) is 15.1. The molecule has 0 unspecified atom stereocenters. The highest BCUT2D eigenvalue weighted by atomic mass is 32.2. The van der Waals surface area contributed by atoms with Crippen molar-refractivity contribution in [2.24, 2.45) is 0 Å². The second-order valence-corrected chi connectivity index (χ2v) is 6.63. The van der Waals surface area contributed by atoms with E-state index in [2.05, 4.69) is 15.5 Å². The average molecular weight is 376 g/mol. The minimum absolute atomic E-state index is 0.0172. The smallest absolute Gasteiger partial charge is 0.294 e. The molecule has 0 saturated carbocycles. The molecule has 0 fully saturated rings. The number of aliphatic carboxylic acids is 1. The van der Waals surface area contributed by atoms with Crippen LogP contribution in [0.15, 0.2) is 28.2 Å². The molecule has 0 aliphatic carbocycles. The highest BCUT2D eigenvalue weighted by Crippen LogP contribution is 2.16. The Bertz CT molecular complexity index is 876. The molecule has 0 aliphatic rings. The number of carbonyl (C=O) groups excluding carboxylic acids is 2. The number of anilines is 1. The number of nitrogen functional groups attached to an aromatic ring is 1. The lowest BCUT2D eigenvalue weighted by atomic mass is 10.1. The number of carboxylic acids is 1. The molecule has 2 aromatic rings. The van der Waals surface area contributed by atoms with Crippen molar-refractivity contribution in [3.05, 3.63) is 45.4 Å². The molecule has 0 radical (unpaired) electrons. The molecule has 0 aliphatic heterocycles. The molecule has 138 valence electrons. The summed E-state index contributed by atoms with van der Waals surface area (Å²) in [5.41, 5.74) is 2.02. The van der Waals surface area contributed by atoms with Crippen LogP contribution in [-0.2, 0) is 16.0 Å². The number of hydrogen-bond acceptors (Lipinski definition) is 8. The van der Waals surface area contributed by atoms with E-state index in [1.165, 1.54) is 0 Å². The van der Waals surface area contributed by atoms with Gasteiger partial charge in [0.2, 0.25) is 11.1 Å². The van der Waals surface area contributed by atoms with E-state index in [-0.39, 0.29) is 35.4 Å². The molecule has 2 rings (SSSR count). The van der Waals surface area contributed by atoms with Gasteiger partial charge in [0.1, 0.15) is 5.69 Å². The first-order valence-electron chi connectivity index (χ1n) is 7.70. The van der Waals surface area contributed by atoms with E-state index in [1.54, 1.807) is 0 Å². The van der Waals surface area contributed by atoms with Crippen molar-refractivity contribution < 1.29 is 14.7 Å².